The maximum Gasteiger partial charge on any atom is 0.335 e. The van der Waals surface area contributed by atoms with Crippen LogP contribution in [-0.4, -0.2) is 111 Å². The molecule has 3 aliphatic heterocycles. The van der Waals surface area contributed by atoms with Gasteiger partial charge in [0.1, 0.15) is 41.2 Å². The molecule has 0 unspecified atom stereocenters. The van der Waals surface area contributed by atoms with Crippen molar-refractivity contribution in [2.24, 2.45) is 23.2 Å². The topological polar surface area (TPSA) is 213 Å². The molecular weight excluding hydrogens is 736 g/mol. The van der Waals surface area contributed by atoms with Crippen molar-refractivity contribution in [2.75, 3.05) is 33.0 Å². The molecule has 57 heavy (non-hydrogen) atoms. The number of hydrogen-bond donors (Lipinski definition) is 7. The van der Waals surface area contributed by atoms with Crippen molar-refractivity contribution in [3.05, 3.63) is 87.5 Å². The first-order chi connectivity index (χ1) is 27.4. The van der Waals surface area contributed by atoms with Crippen LogP contribution in [0.15, 0.2) is 65.3 Å². The number of aliphatic hydroxyl groups is 4. The monoisotopic (exact) mass is 786 g/mol. The van der Waals surface area contributed by atoms with Gasteiger partial charge in [0.25, 0.3) is 0 Å². The lowest BCUT2D eigenvalue weighted by molar-refractivity contribution is -0.325. The first-order valence-corrected chi connectivity index (χ1v) is 19.7. The van der Waals surface area contributed by atoms with E-state index in [1.807, 2.05) is 30.3 Å². The first-order valence-electron chi connectivity index (χ1n) is 19.7. The largest absolute Gasteiger partial charge is 0.507 e. The molecule has 3 heterocycles. The molecule has 2 aliphatic carbocycles. The Balaban J connectivity index is 1.13. The zero-order valence-electron chi connectivity index (χ0n) is 32.0. The number of carboxylic acids is 1. The predicted octanol–water partition coefficient (Wildman–Crippen LogP) is 4.35. The summed E-state index contributed by atoms with van der Waals surface area (Å²) in [5.74, 6) is -3.09. The molecule has 0 aromatic heterocycles. The molecule has 5 aliphatic rings. The molecule has 1 spiro atoms. The zero-order valence-corrected chi connectivity index (χ0v) is 32.0. The van der Waals surface area contributed by atoms with Gasteiger partial charge >= 0.3 is 5.97 Å². The van der Waals surface area contributed by atoms with E-state index in [1.165, 1.54) is 6.92 Å². The maximum atomic E-state index is 13.6. The van der Waals surface area contributed by atoms with Crippen LogP contribution in [0.2, 0.25) is 0 Å². The van der Waals surface area contributed by atoms with E-state index in [-0.39, 0.29) is 82.4 Å². The van der Waals surface area contributed by atoms with Crippen LogP contribution in [0.25, 0.3) is 10.8 Å². The molecule has 0 amide bonds. The molecule has 9 atom stereocenters. The summed E-state index contributed by atoms with van der Waals surface area (Å²) in [6, 6.07) is 11.5. The standard InChI is InChI=1S/C44H50O13/c1-22-28-18-44(55-20-25-9-10-30(35(25)28)43(13-14-45)21-54-15-12-29(22)43)33(19-46)57-42(39(50)40(44)51)56-32-17-26(41(52)53)16-27-36(32)38(49)34(23(2)37(27)48)31(47)11-8-24-6-4-3-5-7-24/h3-7,10,16-17,22,28-29,33,39-40,42,45-46,48-51H,8-9,11-15,18-21H2,1-2H3,(H,52,53)/t22-,28+,29+,33+,39+,40+,42-,43+,44-/m0/s1. The van der Waals surface area contributed by atoms with Crippen LogP contribution in [0.4, 0.5) is 0 Å². The van der Waals surface area contributed by atoms with Gasteiger partial charge in [-0.1, -0.05) is 43.3 Å². The molecule has 7 N–H and O–H groups in total. The third-order valence-electron chi connectivity index (χ3n) is 13.6. The number of hydrogen-bond acceptors (Lipinski definition) is 12. The summed E-state index contributed by atoms with van der Waals surface area (Å²) in [4.78, 5) is 25.9. The van der Waals surface area contributed by atoms with Crippen LogP contribution in [0.5, 0.6) is 17.2 Å². The van der Waals surface area contributed by atoms with Crippen LogP contribution in [0, 0.1) is 30.1 Å². The summed E-state index contributed by atoms with van der Waals surface area (Å²) in [5.41, 5.74) is 1.81. The van der Waals surface area contributed by atoms with Crippen LogP contribution >= 0.6 is 0 Å². The number of fused-ring (bicyclic) bond motifs is 3. The number of allylic oxidation sites excluding steroid dienone is 2. The average molecular weight is 787 g/mol. The van der Waals surface area contributed by atoms with Gasteiger partial charge in [-0.25, -0.2) is 4.79 Å². The highest BCUT2D eigenvalue weighted by Gasteiger charge is 2.63. The number of ketones is 1. The van der Waals surface area contributed by atoms with Crippen LogP contribution in [-0.2, 0) is 20.6 Å². The van der Waals surface area contributed by atoms with Gasteiger partial charge in [-0.3, -0.25) is 4.79 Å². The highest BCUT2D eigenvalue weighted by molar-refractivity contribution is 6.11. The lowest BCUT2D eigenvalue weighted by atomic mass is 9.51. The van der Waals surface area contributed by atoms with Gasteiger partial charge in [-0.15, -0.1) is 0 Å². The van der Waals surface area contributed by atoms with E-state index in [0.29, 0.717) is 32.5 Å². The maximum absolute atomic E-state index is 13.6. The van der Waals surface area contributed by atoms with Gasteiger partial charge in [0.15, 0.2) is 5.78 Å². The number of ether oxygens (including phenoxy) is 4. The predicted molar refractivity (Wildman–Crippen MR) is 205 cm³/mol. The lowest BCUT2D eigenvalue weighted by Gasteiger charge is -2.57. The van der Waals surface area contributed by atoms with E-state index in [1.54, 1.807) is 0 Å². The first kappa shape index (κ1) is 39.5. The van der Waals surface area contributed by atoms with E-state index >= 15 is 0 Å². The number of Topliss-reactive ketones (excluding diaryl/α,β-unsaturated/α-hetero) is 1. The van der Waals surface area contributed by atoms with Crippen molar-refractivity contribution in [1.29, 1.82) is 0 Å². The number of carboxylic acid groups (broad SMARTS) is 1. The molecular formula is C44H50O13. The minimum atomic E-state index is -1.80. The van der Waals surface area contributed by atoms with Gasteiger partial charge < -0.3 is 54.7 Å². The normalized spacial score (nSPS) is 32.1. The van der Waals surface area contributed by atoms with E-state index in [9.17, 15) is 45.3 Å². The summed E-state index contributed by atoms with van der Waals surface area (Å²) >= 11 is 0. The Hall–Kier alpha value is -4.34. The summed E-state index contributed by atoms with van der Waals surface area (Å²) in [6.07, 6.45) is -1.67. The number of phenolic OH excluding ortho intramolecular Hbond substituents is 2. The van der Waals surface area contributed by atoms with Crippen LogP contribution in [0.1, 0.15) is 70.9 Å². The molecule has 1 saturated carbocycles. The molecule has 0 radical (unpaired) electrons. The summed E-state index contributed by atoms with van der Waals surface area (Å²) in [6.45, 7) is 4.19. The summed E-state index contributed by atoms with van der Waals surface area (Å²) in [5, 5.41) is 77.9. The number of rotatable bonds is 10. The molecule has 13 nitrogen and oxygen atoms in total. The molecule has 13 heteroatoms. The Labute approximate surface area is 329 Å². The third kappa shape index (κ3) is 6.26. The van der Waals surface area contributed by atoms with E-state index in [0.717, 1.165) is 40.8 Å². The minimum Gasteiger partial charge on any atom is -0.507 e. The molecule has 3 aromatic carbocycles. The Morgan fingerprint density at radius 2 is 1.82 bits per heavy atom. The van der Waals surface area contributed by atoms with E-state index < -0.39 is 60.1 Å². The number of carbonyl (C=O) groups excluding carboxylic acids is 1. The lowest BCUT2D eigenvalue weighted by Crippen LogP contribution is -2.69. The summed E-state index contributed by atoms with van der Waals surface area (Å²) < 4.78 is 25.1. The quantitative estimate of drug-likeness (QED) is 0.113. The van der Waals surface area contributed by atoms with E-state index in [2.05, 4.69) is 13.0 Å². The van der Waals surface area contributed by atoms with Crippen molar-refractivity contribution in [1.82, 2.24) is 0 Å². The Kier molecular flexibility index (Phi) is 10.5. The van der Waals surface area contributed by atoms with Crippen molar-refractivity contribution in [3.8, 4) is 17.2 Å². The van der Waals surface area contributed by atoms with Gasteiger partial charge in [-0.2, -0.15) is 0 Å². The molecule has 0 bridgehead atoms. The fraction of sp³-hybridized carbons (Fsp3) is 0.500. The van der Waals surface area contributed by atoms with E-state index in [4.69, 9.17) is 18.9 Å². The highest BCUT2D eigenvalue weighted by Crippen LogP contribution is 2.63. The third-order valence-corrected chi connectivity index (χ3v) is 13.6. The Morgan fingerprint density at radius 1 is 1.05 bits per heavy atom. The van der Waals surface area contributed by atoms with Crippen molar-refractivity contribution in [3.63, 3.8) is 0 Å². The molecule has 2 saturated heterocycles. The molecule has 304 valence electrons. The average Bonchev–Trinajstić information content (AvgIpc) is 3.57. The minimum absolute atomic E-state index is 0.00418. The van der Waals surface area contributed by atoms with Crippen molar-refractivity contribution < 1.29 is 64.3 Å². The Bertz CT molecular complexity index is 2140. The number of benzene rings is 3. The second-order valence-corrected chi connectivity index (χ2v) is 16.4. The van der Waals surface area contributed by atoms with Gasteiger partial charge in [0, 0.05) is 36.0 Å². The SMILES string of the molecule is Cc1c(C(=O)CCc2ccccc2)c(O)c2c(O[C@H]3O[C@H](CO)[C@@]4(C[C@H]5C6=C(CC=C6[C@]6(CCO)COCC[C@@H]6[C@H]5C)CO4)[C@H](O)[C@H]3O)cc(C(=O)O)cc2c1O. The number of aryl methyl sites for hydroxylation is 1. The number of aromatic hydroxyl groups is 2. The van der Waals surface area contributed by atoms with Gasteiger partial charge in [0.05, 0.1) is 36.3 Å². The molecule has 3 aromatic rings. The van der Waals surface area contributed by atoms with Crippen molar-refractivity contribution >= 4 is 22.5 Å². The van der Waals surface area contributed by atoms with Gasteiger partial charge in [-0.05, 0) is 91.2 Å². The van der Waals surface area contributed by atoms with Gasteiger partial charge in [0.2, 0.25) is 6.29 Å². The number of phenols is 2. The molecule has 8 rings (SSSR count). The number of aliphatic hydroxyl groups excluding tert-OH is 4. The summed E-state index contributed by atoms with van der Waals surface area (Å²) in [7, 11) is 0. The number of aromatic carboxylic acids is 1. The number of carbonyl (C=O) groups is 2. The smallest absolute Gasteiger partial charge is 0.335 e. The second kappa shape index (κ2) is 15.1. The Morgan fingerprint density at radius 3 is 2.54 bits per heavy atom. The second-order valence-electron chi connectivity index (χ2n) is 16.4. The van der Waals surface area contributed by atoms with Crippen LogP contribution in [0.3, 0.4) is 0 Å². The fourth-order valence-electron chi connectivity index (χ4n) is 10.7. The van der Waals surface area contributed by atoms with Crippen molar-refractivity contribution in [2.45, 2.75) is 82.6 Å². The fourth-order valence-corrected chi connectivity index (χ4v) is 10.7. The highest BCUT2D eigenvalue weighted by atomic mass is 16.7. The zero-order chi connectivity index (χ0) is 40.4. The van der Waals surface area contributed by atoms with Crippen LogP contribution < -0.4 is 4.74 Å². The molecule has 3 fully saturated rings.